The summed E-state index contributed by atoms with van der Waals surface area (Å²) < 4.78 is 14.6. The summed E-state index contributed by atoms with van der Waals surface area (Å²) in [6, 6.07) is 0. The van der Waals surface area contributed by atoms with Gasteiger partial charge < -0.3 is 19.9 Å². The summed E-state index contributed by atoms with van der Waals surface area (Å²) in [4.78, 5) is 23.9. The third-order valence-electron chi connectivity index (χ3n) is 2.37. The van der Waals surface area contributed by atoms with Crippen molar-refractivity contribution in [3.63, 3.8) is 0 Å². The minimum Gasteiger partial charge on any atom is -0.459 e. The Hall–Kier alpha value is -2.04. The molecule has 0 aliphatic heterocycles. The Balaban J connectivity index is 2.88. The van der Waals surface area contributed by atoms with E-state index in [-0.39, 0.29) is 28.7 Å². The van der Waals surface area contributed by atoms with E-state index in [1.807, 2.05) is 0 Å². The molecule has 1 heterocycles. The van der Waals surface area contributed by atoms with Gasteiger partial charge in [0.2, 0.25) is 0 Å². The number of ether oxygens (including phenoxy) is 3. The fourth-order valence-electron chi connectivity index (χ4n) is 1.45. The molecule has 0 radical (unpaired) electrons. The SMILES string of the molecule is C#CCOC(=O)c1c(N)sc(C(=O)OCCOC)c1C. The molecule has 1 rings (SSSR count). The van der Waals surface area contributed by atoms with Crippen molar-refractivity contribution in [2.24, 2.45) is 0 Å². The Morgan fingerprint density at radius 2 is 2.00 bits per heavy atom. The Bertz CT molecular complexity index is 544. The van der Waals surface area contributed by atoms with Crippen LogP contribution in [0.25, 0.3) is 0 Å². The number of hydrogen-bond donors (Lipinski definition) is 1. The summed E-state index contributed by atoms with van der Waals surface area (Å²) in [5.41, 5.74) is 6.33. The standard InChI is InChI=1S/C13H15NO5S/c1-4-5-18-12(15)9-8(2)10(20-11(9)14)13(16)19-7-6-17-3/h1H,5-7,14H2,2-3H3. The minimum absolute atomic E-state index is 0.128. The van der Waals surface area contributed by atoms with Gasteiger partial charge in [0.15, 0.2) is 6.61 Å². The van der Waals surface area contributed by atoms with E-state index < -0.39 is 11.9 Å². The van der Waals surface area contributed by atoms with E-state index in [9.17, 15) is 9.59 Å². The number of methoxy groups -OCH3 is 1. The number of nitrogen functional groups attached to an aromatic ring is 1. The Morgan fingerprint density at radius 1 is 1.30 bits per heavy atom. The molecule has 108 valence electrons. The summed E-state index contributed by atoms with van der Waals surface area (Å²) in [6.45, 7) is 1.87. The van der Waals surface area contributed by atoms with Crippen molar-refractivity contribution in [3.8, 4) is 12.3 Å². The van der Waals surface area contributed by atoms with Crippen LogP contribution in [-0.2, 0) is 14.2 Å². The van der Waals surface area contributed by atoms with Gasteiger partial charge in [-0.3, -0.25) is 0 Å². The molecule has 1 aromatic heterocycles. The normalized spacial score (nSPS) is 9.85. The minimum atomic E-state index is -0.648. The highest BCUT2D eigenvalue weighted by Crippen LogP contribution is 2.31. The number of terminal acetylenes is 1. The van der Waals surface area contributed by atoms with Crippen LogP contribution in [0.1, 0.15) is 25.6 Å². The summed E-state index contributed by atoms with van der Waals surface area (Å²) in [5.74, 6) is 0.988. The van der Waals surface area contributed by atoms with E-state index in [2.05, 4.69) is 5.92 Å². The lowest BCUT2D eigenvalue weighted by molar-refractivity contribution is 0.0393. The molecule has 20 heavy (non-hydrogen) atoms. The molecule has 0 saturated heterocycles. The van der Waals surface area contributed by atoms with Crippen LogP contribution < -0.4 is 5.73 Å². The fourth-order valence-corrected chi connectivity index (χ4v) is 2.40. The van der Waals surface area contributed by atoms with Crippen LogP contribution in [0.2, 0.25) is 0 Å². The predicted molar refractivity (Wildman–Crippen MR) is 74.7 cm³/mol. The first-order valence-corrected chi connectivity index (χ1v) is 6.50. The first-order chi connectivity index (χ1) is 9.52. The molecule has 6 nitrogen and oxygen atoms in total. The lowest BCUT2D eigenvalue weighted by Crippen LogP contribution is -2.11. The zero-order valence-electron chi connectivity index (χ0n) is 11.2. The van der Waals surface area contributed by atoms with Crippen molar-refractivity contribution in [2.75, 3.05) is 32.7 Å². The van der Waals surface area contributed by atoms with Crippen molar-refractivity contribution in [3.05, 3.63) is 16.0 Å². The zero-order chi connectivity index (χ0) is 15.1. The second-order valence-corrected chi connectivity index (χ2v) is 4.76. The molecule has 0 saturated carbocycles. The van der Waals surface area contributed by atoms with Gasteiger partial charge in [-0.25, -0.2) is 9.59 Å². The average Bonchev–Trinajstić information content (AvgIpc) is 2.71. The molecule has 1 aromatic rings. The monoisotopic (exact) mass is 297 g/mol. The number of carbonyl (C=O) groups excluding carboxylic acids is 2. The lowest BCUT2D eigenvalue weighted by Gasteiger charge is -2.04. The van der Waals surface area contributed by atoms with Crippen molar-refractivity contribution < 1.29 is 23.8 Å². The topological polar surface area (TPSA) is 87.9 Å². The van der Waals surface area contributed by atoms with E-state index >= 15 is 0 Å². The maximum atomic E-state index is 11.8. The molecule has 0 spiro atoms. The van der Waals surface area contributed by atoms with E-state index in [1.54, 1.807) is 6.92 Å². The molecule has 0 amide bonds. The summed E-state index contributed by atoms with van der Waals surface area (Å²) in [5, 5.41) is 0.197. The van der Waals surface area contributed by atoms with Gasteiger partial charge in [-0.2, -0.15) is 0 Å². The molecular formula is C13H15NO5S. The molecule has 0 aliphatic rings. The lowest BCUT2D eigenvalue weighted by atomic mass is 10.1. The molecule has 0 aliphatic carbocycles. The predicted octanol–water partition coefficient (Wildman–Crippen LogP) is 1.23. The quantitative estimate of drug-likeness (QED) is 0.483. The number of thiophene rings is 1. The Morgan fingerprint density at radius 3 is 2.60 bits per heavy atom. The largest absolute Gasteiger partial charge is 0.459 e. The van der Waals surface area contributed by atoms with E-state index in [0.717, 1.165) is 11.3 Å². The smallest absolute Gasteiger partial charge is 0.348 e. The Kier molecular flexibility index (Phi) is 6.03. The van der Waals surface area contributed by atoms with Crippen LogP contribution >= 0.6 is 11.3 Å². The maximum Gasteiger partial charge on any atom is 0.348 e. The fraction of sp³-hybridized carbons (Fsp3) is 0.385. The van der Waals surface area contributed by atoms with Gasteiger partial charge in [0, 0.05) is 7.11 Å². The van der Waals surface area contributed by atoms with Crippen molar-refractivity contribution in [2.45, 2.75) is 6.92 Å². The van der Waals surface area contributed by atoms with Gasteiger partial charge in [0.05, 0.1) is 12.2 Å². The van der Waals surface area contributed by atoms with Gasteiger partial charge in [-0.15, -0.1) is 17.8 Å². The van der Waals surface area contributed by atoms with Crippen LogP contribution in [0.15, 0.2) is 0 Å². The summed E-state index contributed by atoms with van der Waals surface area (Å²) >= 11 is 0.979. The second-order valence-electron chi connectivity index (χ2n) is 3.70. The van der Waals surface area contributed by atoms with Gasteiger partial charge in [0.25, 0.3) is 0 Å². The first kappa shape index (κ1) is 16.0. The van der Waals surface area contributed by atoms with Gasteiger partial charge in [-0.1, -0.05) is 5.92 Å². The summed E-state index contributed by atoms with van der Waals surface area (Å²) in [7, 11) is 1.50. The van der Waals surface area contributed by atoms with E-state index in [0.29, 0.717) is 12.2 Å². The third kappa shape index (κ3) is 3.73. The van der Waals surface area contributed by atoms with Crippen LogP contribution in [-0.4, -0.2) is 38.9 Å². The number of rotatable bonds is 6. The highest BCUT2D eigenvalue weighted by Gasteiger charge is 2.24. The number of esters is 2. The maximum absolute atomic E-state index is 11.8. The van der Waals surface area contributed by atoms with Gasteiger partial charge in [0.1, 0.15) is 16.5 Å². The first-order valence-electron chi connectivity index (χ1n) is 5.68. The molecule has 0 atom stereocenters. The van der Waals surface area contributed by atoms with E-state index in [4.69, 9.17) is 26.4 Å². The van der Waals surface area contributed by atoms with Crippen molar-refractivity contribution >= 4 is 28.3 Å². The highest BCUT2D eigenvalue weighted by atomic mass is 32.1. The second kappa shape index (κ2) is 7.53. The third-order valence-corrected chi connectivity index (χ3v) is 3.47. The summed E-state index contributed by atoms with van der Waals surface area (Å²) in [6.07, 6.45) is 5.01. The Labute approximate surface area is 120 Å². The van der Waals surface area contributed by atoms with E-state index in [1.165, 1.54) is 7.11 Å². The molecule has 7 heteroatoms. The van der Waals surface area contributed by atoms with Crippen molar-refractivity contribution in [1.29, 1.82) is 0 Å². The molecule has 0 aromatic carbocycles. The molecule has 0 bridgehead atoms. The van der Waals surface area contributed by atoms with Gasteiger partial charge >= 0.3 is 11.9 Å². The molecular weight excluding hydrogens is 282 g/mol. The van der Waals surface area contributed by atoms with Gasteiger partial charge in [-0.05, 0) is 12.5 Å². The number of hydrogen-bond acceptors (Lipinski definition) is 7. The number of anilines is 1. The van der Waals surface area contributed by atoms with Crippen LogP contribution in [0.4, 0.5) is 5.00 Å². The van der Waals surface area contributed by atoms with Crippen LogP contribution in [0, 0.1) is 19.3 Å². The molecule has 2 N–H and O–H groups in total. The highest BCUT2D eigenvalue weighted by molar-refractivity contribution is 7.18. The number of carbonyl (C=O) groups is 2. The molecule has 0 unspecified atom stereocenters. The molecule has 0 fully saturated rings. The van der Waals surface area contributed by atoms with Crippen LogP contribution in [0.3, 0.4) is 0 Å². The van der Waals surface area contributed by atoms with Crippen molar-refractivity contribution in [1.82, 2.24) is 0 Å². The zero-order valence-corrected chi connectivity index (χ0v) is 12.0. The van der Waals surface area contributed by atoms with Crippen LogP contribution in [0.5, 0.6) is 0 Å². The number of nitrogens with two attached hydrogens (primary N) is 1. The average molecular weight is 297 g/mol.